The van der Waals surface area contributed by atoms with Crippen molar-refractivity contribution in [3.05, 3.63) is 65.7 Å². The molecule has 1 unspecified atom stereocenters. The Morgan fingerprint density at radius 3 is 2.45 bits per heavy atom. The quantitative estimate of drug-likeness (QED) is 0.480. The molecule has 0 aliphatic carbocycles. The molecule has 0 spiro atoms. The second-order valence-corrected chi connectivity index (χ2v) is 8.94. The van der Waals surface area contributed by atoms with Gasteiger partial charge in [-0.3, -0.25) is 0 Å². The summed E-state index contributed by atoms with van der Waals surface area (Å²) in [5.41, 5.74) is 4.12. The summed E-state index contributed by atoms with van der Waals surface area (Å²) >= 11 is 0. The van der Waals surface area contributed by atoms with Crippen molar-refractivity contribution in [2.75, 3.05) is 0 Å². The maximum Gasteiger partial charge on any atom is 0.205 e. The largest absolute Gasteiger partial charge is 0.244 e. The molecule has 1 N–H and O–H groups in total. The molecule has 4 rings (SSSR count). The summed E-state index contributed by atoms with van der Waals surface area (Å²) in [4.78, 5) is 4.92. The molecule has 2 aromatic heterocycles. The zero-order chi connectivity index (χ0) is 22.0. The Kier molecular flexibility index (Phi) is 5.67. The maximum atomic E-state index is 4.92. The van der Waals surface area contributed by atoms with Crippen molar-refractivity contribution in [1.29, 1.82) is 0 Å². The minimum absolute atomic E-state index is 0.144. The van der Waals surface area contributed by atoms with Gasteiger partial charge in [0.2, 0.25) is 5.82 Å². The van der Waals surface area contributed by atoms with Crippen molar-refractivity contribution in [3.8, 4) is 22.5 Å². The van der Waals surface area contributed by atoms with Crippen molar-refractivity contribution in [2.24, 2.45) is 0 Å². The monoisotopic (exact) mass is 415 g/mol. The lowest BCUT2D eigenvalue weighted by Gasteiger charge is -2.21. The number of nitrogens with zero attached hydrogens (tertiary/aromatic N) is 6. The van der Waals surface area contributed by atoms with E-state index in [1.54, 1.807) is 0 Å². The van der Waals surface area contributed by atoms with Crippen LogP contribution in [-0.4, -0.2) is 35.4 Å². The van der Waals surface area contributed by atoms with Gasteiger partial charge in [-0.2, -0.15) is 10.3 Å². The predicted molar refractivity (Wildman–Crippen MR) is 122 cm³/mol. The maximum absolute atomic E-state index is 4.92. The highest BCUT2D eigenvalue weighted by Gasteiger charge is 2.23. The number of hydrogen-bond acceptors (Lipinski definition) is 5. The summed E-state index contributed by atoms with van der Waals surface area (Å²) < 4.78 is 2.06. The molecule has 4 aromatic rings. The first-order valence-corrected chi connectivity index (χ1v) is 10.7. The number of aromatic nitrogens is 7. The van der Waals surface area contributed by atoms with Gasteiger partial charge in [-0.15, -0.1) is 10.2 Å². The van der Waals surface area contributed by atoms with E-state index in [9.17, 15) is 0 Å². The van der Waals surface area contributed by atoms with E-state index in [2.05, 4.69) is 90.3 Å². The number of H-pyrrole nitrogens is 1. The Hall–Kier alpha value is -3.35. The van der Waals surface area contributed by atoms with Gasteiger partial charge in [-0.1, -0.05) is 56.3 Å². The van der Waals surface area contributed by atoms with Crippen LogP contribution in [0.3, 0.4) is 0 Å². The third kappa shape index (κ3) is 4.40. The first kappa shape index (κ1) is 20.9. The van der Waals surface area contributed by atoms with Crippen LogP contribution in [0.2, 0.25) is 0 Å². The normalized spacial score (nSPS) is 12.8. The molecule has 0 radical (unpaired) electrons. The SMILES string of the molecule is CCC(C)c1nc(Cc2ccc(-c3ccccc3)c(-c3nn[nH]n3)c2)n(C(C)(C)C)n1. The van der Waals surface area contributed by atoms with Crippen molar-refractivity contribution in [1.82, 2.24) is 35.4 Å². The molecule has 0 fully saturated rings. The Bertz CT molecular complexity index is 1140. The average molecular weight is 416 g/mol. The molecule has 0 saturated heterocycles. The van der Waals surface area contributed by atoms with Gasteiger partial charge in [-0.05, 0) is 55.2 Å². The van der Waals surface area contributed by atoms with Crippen LogP contribution in [0.25, 0.3) is 22.5 Å². The Labute approximate surface area is 182 Å². The molecule has 160 valence electrons. The van der Waals surface area contributed by atoms with E-state index in [0.717, 1.165) is 40.3 Å². The summed E-state index contributed by atoms with van der Waals surface area (Å²) in [7, 11) is 0. The van der Waals surface area contributed by atoms with E-state index < -0.39 is 0 Å². The summed E-state index contributed by atoms with van der Waals surface area (Å²) in [6, 6.07) is 16.7. The van der Waals surface area contributed by atoms with E-state index >= 15 is 0 Å². The van der Waals surface area contributed by atoms with Crippen LogP contribution in [-0.2, 0) is 12.0 Å². The second-order valence-electron chi connectivity index (χ2n) is 8.94. The minimum atomic E-state index is -0.144. The minimum Gasteiger partial charge on any atom is -0.244 e. The molecular weight excluding hydrogens is 386 g/mol. The fraction of sp³-hybridized carbons (Fsp3) is 0.375. The zero-order valence-corrected chi connectivity index (χ0v) is 18.8. The number of tetrazole rings is 1. The Morgan fingerprint density at radius 1 is 1.03 bits per heavy atom. The second kappa shape index (κ2) is 8.41. The third-order valence-corrected chi connectivity index (χ3v) is 5.50. The van der Waals surface area contributed by atoms with Gasteiger partial charge in [0.1, 0.15) is 5.82 Å². The standard InChI is InChI=1S/C24H29N7/c1-6-16(2)22-25-21(31(28-22)24(3,4)5)15-17-12-13-19(18-10-8-7-9-11-18)20(14-17)23-26-29-30-27-23/h7-14,16H,6,15H2,1-5H3,(H,26,27,29,30). The lowest BCUT2D eigenvalue weighted by atomic mass is 9.96. The summed E-state index contributed by atoms with van der Waals surface area (Å²) in [5, 5.41) is 19.7. The molecule has 0 aliphatic heterocycles. The Morgan fingerprint density at radius 2 is 1.81 bits per heavy atom. The molecule has 0 bridgehead atoms. The van der Waals surface area contributed by atoms with Crippen LogP contribution >= 0.6 is 0 Å². The average Bonchev–Trinajstić information content (AvgIpc) is 3.44. The number of hydrogen-bond donors (Lipinski definition) is 1. The van der Waals surface area contributed by atoms with Crippen LogP contribution in [0.15, 0.2) is 48.5 Å². The predicted octanol–water partition coefficient (Wildman–Crippen LogP) is 4.98. The summed E-state index contributed by atoms with van der Waals surface area (Å²) in [6.07, 6.45) is 1.70. The first-order valence-electron chi connectivity index (χ1n) is 10.7. The highest BCUT2D eigenvalue weighted by molar-refractivity contribution is 5.80. The lowest BCUT2D eigenvalue weighted by molar-refractivity contribution is 0.340. The smallest absolute Gasteiger partial charge is 0.205 e. The van der Waals surface area contributed by atoms with E-state index in [0.29, 0.717) is 18.2 Å². The van der Waals surface area contributed by atoms with Crippen LogP contribution in [0.1, 0.15) is 64.2 Å². The summed E-state index contributed by atoms with van der Waals surface area (Å²) in [5.74, 6) is 2.79. The van der Waals surface area contributed by atoms with E-state index in [1.807, 2.05) is 18.2 Å². The van der Waals surface area contributed by atoms with Crippen LogP contribution in [0, 0.1) is 0 Å². The summed E-state index contributed by atoms with van der Waals surface area (Å²) in [6.45, 7) is 10.8. The van der Waals surface area contributed by atoms with Gasteiger partial charge in [0.25, 0.3) is 0 Å². The number of nitrogens with one attached hydrogen (secondary N) is 1. The van der Waals surface area contributed by atoms with Gasteiger partial charge >= 0.3 is 0 Å². The number of benzene rings is 2. The number of aromatic amines is 1. The molecule has 31 heavy (non-hydrogen) atoms. The van der Waals surface area contributed by atoms with Crippen molar-refractivity contribution >= 4 is 0 Å². The molecule has 7 heteroatoms. The topological polar surface area (TPSA) is 85.2 Å². The molecule has 0 amide bonds. The van der Waals surface area contributed by atoms with Gasteiger partial charge < -0.3 is 0 Å². The van der Waals surface area contributed by atoms with Gasteiger partial charge in [0.15, 0.2) is 5.82 Å². The van der Waals surface area contributed by atoms with Crippen molar-refractivity contribution in [3.63, 3.8) is 0 Å². The molecule has 0 aliphatic rings. The van der Waals surface area contributed by atoms with Crippen LogP contribution < -0.4 is 0 Å². The lowest BCUT2D eigenvalue weighted by Crippen LogP contribution is -2.26. The fourth-order valence-corrected chi connectivity index (χ4v) is 3.62. The van der Waals surface area contributed by atoms with Crippen molar-refractivity contribution in [2.45, 2.75) is 58.9 Å². The molecular formula is C24H29N7. The third-order valence-electron chi connectivity index (χ3n) is 5.50. The van der Waals surface area contributed by atoms with Crippen LogP contribution in [0.5, 0.6) is 0 Å². The molecule has 7 nitrogen and oxygen atoms in total. The highest BCUT2D eigenvalue weighted by atomic mass is 15.5. The zero-order valence-electron chi connectivity index (χ0n) is 18.8. The van der Waals surface area contributed by atoms with Crippen molar-refractivity contribution < 1.29 is 0 Å². The molecule has 1 atom stereocenters. The molecule has 0 saturated carbocycles. The van der Waals surface area contributed by atoms with E-state index in [-0.39, 0.29) is 5.54 Å². The van der Waals surface area contributed by atoms with E-state index in [4.69, 9.17) is 10.1 Å². The van der Waals surface area contributed by atoms with Gasteiger partial charge in [0, 0.05) is 17.9 Å². The van der Waals surface area contributed by atoms with E-state index in [1.165, 1.54) is 0 Å². The fourth-order valence-electron chi connectivity index (χ4n) is 3.62. The number of rotatable bonds is 6. The Balaban J connectivity index is 1.77. The van der Waals surface area contributed by atoms with Crippen LogP contribution in [0.4, 0.5) is 0 Å². The molecule has 2 heterocycles. The van der Waals surface area contributed by atoms with Gasteiger partial charge in [0.05, 0.1) is 5.54 Å². The highest BCUT2D eigenvalue weighted by Crippen LogP contribution is 2.32. The molecule has 2 aromatic carbocycles. The first-order chi connectivity index (χ1) is 14.9. The van der Waals surface area contributed by atoms with Gasteiger partial charge in [-0.25, -0.2) is 9.67 Å².